The quantitative estimate of drug-likeness (QED) is 0.200. The average molecular weight is 517 g/mol. The summed E-state index contributed by atoms with van der Waals surface area (Å²) in [6, 6.07) is 55.7. The van der Waals surface area contributed by atoms with Crippen LogP contribution in [-0.4, -0.2) is 0 Å². The first-order valence-electron chi connectivity index (χ1n) is 13.8. The summed E-state index contributed by atoms with van der Waals surface area (Å²) in [5.41, 5.74) is 12.0. The third-order valence-corrected chi connectivity index (χ3v) is 7.09. The topological polar surface area (TPSA) is 24.1 Å². The summed E-state index contributed by atoms with van der Waals surface area (Å²) in [4.78, 5) is 0. The van der Waals surface area contributed by atoms with Crippen molar-refractivity contribution in [2.24, 2.45) is 0 Å². The van der Waals surface area contributed by atoms with Gasteiger partial charge in [-0.1, -0.05) is 109 Å². The van der Waals surface area contributed by atoms with E-state index in [0.29, 0.717) is 0 Å². The Morgan fingerprint density at radius 3 is 0.875 bits per heavy atom. The zero-order chi connectivity index (χ0) is 27.0. The van der Waals surface area contributed by atoms with E-state index in [0.717, 1.165) is 35.6 Å². The highest BCUT2D eigenvalue weighted by atomic mass is 14.9. The summed E-state index contributed by atoms with van der Waals surface area (Å²) in [7, 11) is 0. The van der Waals surface area contributed by atoms with Crippen LogP contribution in [0.5, 0.6) is 0 Å². The standard InChI is InChI=1S/C38H32N2/c1-3-7-29(8-4-1)27-31-11-19-35(20-12-31)39-37-23-15-33(16-24-37)34-17-25-38(26-18-34)40-36-21-13-32(14-22-36)28-30-9-5-2-6-10-30/h1-26,39-40H,27-28H2. The molecule has 0 aliphatic carbocycles. The number of benzene rings is 6. The molecule has 40 heavy (non-hydrogen) atoms. The third-order valence-electron chi connectivity index (χ3n) is 7.09. The van der Waals surface area contributed by atoms with Gasteiger partial charge < -0.3 is 10.6 Å². The maximum Gasteiger partial charge on any atom is 0.0384 e. The molecule has 2 N–H and O–H groups in total. The lowest BCUT2D eigenvalue weighted by molar-refractivity contribution is 1.19. The zero-order valence-corrected chi connectivity index (χ0v) is 22.4. The Morgan fingerprint density at radius 1 is 0.275 bits per heavy atom. The van der Waals surface area contributed by atoms with Crippen LogP contribution in [0, 0.1) is 0 Å². The molecule has 0 aliphatic rings. The van der Waals surface area contributed by atoms with Gasteiger partial charge in [0.05, 0.1) is 0 Å². The van der Waals surface area contributed by atoms with Gasteiger partial charge in [-0.05, 0) is 94.8 Å². The third kappa shape index (κ3) is 6.67. The van der Waals surface area contributed by atoms with E-state index >= 15 is 0 Å². The lowest BCUT2D eigenvalue weighted by atomic mass is 10.0. The van der Waals surface area contributed by atoms with Crippen molar-refractivity contribution in [2.75, 3.05) is 10.6 Å². The first-order chi connectivity index (χ1) is 19.8. The molecule has 0 unspecified atom stereocenters. The lowest BCUT2D eigenvalue weighted by Crippen LogP contribution is -1.93. The van der Waals surface area contributed by atoms with Crippen LogP contribution < -0.4 is 10.6 Å². The van der Waals surface area contributed by atoms with Crippen molar-refractivity contribution in [3.8, 4) is 11.1 Å². The molecule has 0 amide bonds. The number of rotatable bonds is 9. The van der Waals surface area contributed by atoms with Crippen molar-refractivity contribution in [1.82, 2.24) is 0 Å². The van der Waals surface area contributed by atoms with Crippen LogP contribution >= 0.6 is 0 Å². The molecule has 0 spiro atoms. The first-order valence-corrected chi connectivity index (χ1v) is 13.8. The Morgan fingerprint density at radius 2 is 0.550 bits per heavy atom. The summed E-state index contributed by atoms with van der Waals surface area (Å²) < 4.78 is 0. The van der Waals surface area contributed by atoms with Crippen molar-refractivity contribution in [3.63, 3.8) is 0 Å². The first kappa shape index (κ1) is 25.2. The number of hydrogen-bond acceptors (Lipinski definition) is 2. The molecule has 2 nitrogen and oxygen atoms in total. The highest BCUT2D eigenvalue weighted by Crippen LogP contribution is 2.26. The van der Waals surface area contributed by atoms with E-state index in [-0.39, 0.29) is 0 Å². The van der Waals surface area contributed by atoms with Crippen LogP contribution in [-0.2, 0) is 12.8 Å². The van der Waals surface area contributed by atoms with Gasteiger partial charge in [0.15, 0.2) is 0 Å². The van der Waals surface area contributed by atoms with E-state index in [1.807, 2.05) is 0 Å². The second-order valence-corrected chi connectivity index (χ2v) is 10.1. The average Bonchev–Trinajstić information content (AvgIpc) is 3.01. The van der Waals surface area contributed by atoms with Crippen LogP contribution in [0.15, 0.2) is 158 Å². The Bertz CT molecular complexity index is 1490. The molecular formula is C38H32N2. The fourth-order valence-electron chi connectivity index (χ4n) is 4.90. The Balaban J connectivity index is 1.03. The lowest BCUT2D eigenvalue weighted by Gasteiger charge is -2.11. The molecule has 2 heteroatoms. The summed E-state index contributed by atoms with van der Waals surface area (Å²) in [6.45, 7) is 0. The molecule has 0 saturated carbocycles. The monoisotopic (exact) mass is 516 g/mol. The van der Waals surface area contributed by atoms with Gasteiger partial charge in [-0.2, -0.15) is 0 Å². The minimum Gasteiger partial charge on any atom is -0.356 e. The highest BCUT2D eigenvalue weighted by Gasteiger charge is 2.03. The minimum atomic E-state index is 0.950. The van der Waals surface area contributed by atoms with Gasteiger partial charge in [-0.15, -0.1) is 0 Å². The molecule has 0 atom stereocenters. The van der Waals surface area contributed by atoms with E-state index < -0.39 is 0 Å². The number of nitrogens with one attached hydrogen (secondary N) is 2. The predicted octanol–water partition coefficient (Wildman–Crippen LogP) is 10.0. The van der Waals surface area contributed by atoms with Gasteiger partial charge in [-0.3, -0.25) is 0 Å². The Hall–Kier alpha value is -5.08. The van der Waals surface area contributed by atoms with E-state index in [1.165, 1.54) is 33.4 Å². The second kappa shape index (κ2) is 12.2. The smallest absolute Gasteiger partial charge is 0.0384 e. The second-order valence-electron chi connectivity index (χ2n) is 10.1. The highest BCUT2D eigenvalue weighted by molar-refractivity contribution is 5.71. The maximum atomic E-state index is 3.52. The maximum absolute atomic E-state index is 3.52. The molecule has 0 aromatic heterocycles. The Labute approximate surface area is 237 Å². The molecule has 0 radical (unpaired) electrons. The van der Waals surface area contributed by atoms with Crippen LogP contribution in [0.1, 0.15) is 22.3 Å². The van der Waals surface area contributed by atoms with E-state index in [9.17, 15) is 0 Å². The number of anilines is 4. The fourth-order valence-corrected chi connectivity index (χ4v) is 4.90. The van der Waals surface area contributed by atoms with Gasteiger partial charge >= 0.3 is 0 Å². The molecule has 6 aromatic rings. The van der Waals surface area contributed by atoms with Gasteiger partial charge in [0, 0.05) is 22.7 Å². The summed E-state index contributed by atoms with van der Waals surface area (Å²) in [5, 5.41) is 7.03. The summed E-state index contributed by atoms with van der Waals surface area (Å²) >= 11 is 0. The predicted molar refractivity (Wildman–Crippen MR) is 170 cm³/mol. The molecular weight excluding hydrogens is 484 g/mol. The van der Waals surface area contributed by atoms with Gasteiger partial charge in [0.25, 0.3) is 0 Å². The fraction of sp³-hybridized carbons (Fsp3) is 0.0526. The number of hydrogen-bond donors (Lipinski definition) is 2. The largest absolute Gasteiger partial charge is 0.356 e. The Kier molecular flexibility index (Phi) is 7.68. The summed E-state index contributed by atoms with van der Waals surface area (Å²) in [5.74, 6) is 0. The van der Waals surface area contributed by atoms with Crippen LogP contribution in [0.25, 0.3) is 11.1 Å². The molecule has 0 bridgehead atoms. The molecule has 6 rings (SSSR count). The minimum absolute atomic E-state index is 0.950. The van der Waals surface area contributed by atoms with Crippen LogP contribution in [0.3, 0.4) is 0 Å². The molecule has 0 heterocycles. The molecule has 0 aliphatic heterocycles. The van der Waals surface area contributed by atoms with Crippen LogP contribution in [0.4, 0.5) is 22.7 Å². The van der Waals surface area contributed by atoms with Crippen molar-refractivity contribution in [1.29, 1.82) is 0 Å². The molecule has 0 fully saturated rings. The normalized spacial score (nSPS) is 10.7. The SMILES string of the molecule is c1ccc(Cc2ccc(Nc3ccc(-c4ccc(Nc5ccc(Cc6ccccc6)cc5)cc4)cc3)cc2)cc1. The van der Waals surface area contributed by atoms with Gasteiger partial charge in [0.2, 0.25) is 0 Å². The van der Waals surface area contributed by atoms with Crippen molar-refractivity contribution in [2.45, 2.75) is 12.8 Å². The van der Waals surface area contributed by atoms with Gasteiger partial charge in [-0.25, -0.2) is 0 Å². The van der Waals surface area contributed by atoms with E-state index in [4.69, 9.17) is 0 Å². The van der Waals surface area contributed by atoms with E-state index in [2.05, 4.69) is 168 Å². The molecule has 6 aromatic carbocycles. The molecule has 194 valence electrons. The van der Waals surface area contributed by atoms with Crippen molar-refractivity contribution < 1.29 is 0 Å². The van der Waals surface area contributed by atoms with E-state index in [1.54, 1.807) is 0 Å². The van der Waals surface area contributed by atoms with Gasteiger partial charge in [0.1, 0.15) is 0 Å². The molecule has 0 saturated heterocycles. The zero-order valence-electron chi connectivity index (χ0n) is 22.4. The van der Waals surface area contributed by atoms with Crippen LogP contribution in [0.2, 0.25) is 0 Å². The summed E-state index contributed by atoms with van der Waals surface area (Å²) in [6.07, 6.45) is 1.90. The van der Waals surface area contributed by atoms with Crippen molar-refractivity contribution in [3.05, 3.63) is 180 Å². The van der Waals surface area contributed by atoms with Crippen molar-refractivity contribution >= 4 is 22.7 Å².